The molecule has 3 heterocycles. The zero-order chi connectivity index (χ0) is 18.1. The minimum atomic E-state index is -0.243. The van der Waals surface area contributed by atoms with Gasteiger partial charge >= 0.3 is 0 Å². The number of nitrogens with zero attached hydrogens (tertiary/aromatic N) is 3. The van der Waals surface area contributed by atoms with Crippen LogP contribution in [0.4, 0.5) is 5.69 Å². The molecule has 0 bridgehead atoms. The monoisotopic (exact) mass is 382 g/mol. The summed E-state index contributed by atoms with van der Waals surface area (Å²) in [6.07, 6.45) is 3.82. The fourth-order valence-corrected chi connectivity index (χ4v) is 3.71. The van der Waals surface area contributed by atoms with Gasteiger partial charge in [0, 0.05) is 46.0 Å². The van der Waals surface area contributed by atoms with E-state index in [1.54, 1.807) is 35.8 Å². The van der Waals surface area contributed by atoms with Crippen molar-refractivity contribution in [3.8, 4) is 10.6 Å². The number of carbonyl (C=O) groups is 1. The van der Waals surface area contributed by atoms with E-state index in [0.29, 0.717) is 16.4 Å². The number of nitrogens with one attached hydrogen (secondary N) is 1. The molecule has 26 heavy (non-hydrogen) atoms. The Hall–Kier alpha value is -2.70. The first kappa shape index (κ1) is 16.8. The van der Waals surface area contributed by atoms with Crippen molar-refractivity contribution in [2.24, 2.45) is 0 Å². The summed E-state index contributed by atoms with van der Waals surface area (Å²) in [6, 6.07) is 10.9. The van der Waals surface area contributed by atoms with Crippen molar-refractivity contribution in [2.75, 3.05) is 5.32 Å². The maximum Gasteiger partial charge on any atom is 0.275 e. The van der Waals surface area contributed by atoms with E-state index in [1.807, 2.05) is 18.3 Å². The van der Waals surface area contributed by atoms with Crippen LogP contribution >= 0.6 is 22.9 Å². The Kier molecular flexibility index (Phi) is 4.44. The van der Waals surface area contributed by atoms with Crippen LogP contribution in [-0.2, 0) is 6.54 Å². The molecular formula is C19H15ClN4OS. The molecule has 4 aromatic rings. The molecule has 0 aliphatic heterocycles. The van der Waals surface area contributed by atoms with Gasteiger partial charge in [-0.15, -0.1) is 11.3 Å². The van der Waals surface area contributed by atoms with Crippen molar-refractivity contribution in [3.63, 3.8) is 0 Å². The molecule has 0 fully saturated rings. The fourth-order valence-electron chi connectivity index (χ4n) is 2.76. The zero-order valence-corrected chi connectivity index (χ0v) is 15.5. The van der Waals surface area contributed by atoms with Crippen molar-refractivity contribution in [3.05, 3.63) is 64.9 Å². The highest BCUT2D eigenvalue weighted by Crippen LogP contribution is 2.32. The first-order valence-electron chi connectivity index (χ1n) is 8.12. The second-order valence-corrected chi connectivity index (χ2v) is 7.00. The van der Waals surface area contributed by atoms with Gasteiger partial charge in [-0.1, -0.05) is 11.6 Å². The second-order valence-electron chi connectivity index (χ2n) is 5.70. The lowest BCUT2D eigenvalue weighted by Gasteiger charge is -2.02. The van der Waals surface area contributed by atoms with Gasteiger partial charge in [0.1, 0.15) is 16.3 Å². The quantitative estimate of drug-likeness (QED) is 0.535. The van der Waals surface area contributed by atoms with E-state index in [0.717, 1.165) is 28.1 Å². The van der Waals surface area contributed by atoms with Crippen molar-refractivity contribution in [1.82, 2.24) is 14.5 Å². The third-order valence-corrected chi connectivity index (χ3v) is 5.17. The molecule has 0 unspecified atom stereocenters. The first-order chi connectivity index (χ1) is 12.7. The average Bonchev–Trinajstić information content (AvgIpc) is 3.28. The van der Waals surface area contributed by atoms with Crippen LogP contribution < -0.4 is 5.32 Å². The molecule has 4 rings (SSSR count). The van der Waals surface area contributed by atoms with Crippen molar-refractivity contribution >= 4 is 45.6 Å². The summed E-state index contributed by atoms with van der Waals surface area (Å²) in [5, 5.41) is 7.07. The molecule has 0 radical (unpaired) electrons. The smallest absolute Gasteiger partial charge is 0.275 e. The van der Waals surface area contributed by atoms with Crippen molar-refractivity contribution in [2.45, 2.75) is 13.5 Å². The number of amides is 1. The van der Waals surface area contributed by atoms with E-state index < -0.39 is 0 Å². The molecule has 1 aromatic carbocycles. The number of thiazole rings is 1. The van der Waals surface area contributed by atoms with Crippen LogP contribution in [0.2, 0.25) is 5.02 Å². The predicted octanol–water partition coefficient (Wildman–Crippen LogP) is 5.09. The highest BCUT2D eigenvalue weighted by Gasteiger charge is 2.16. The van der Waals surface area contributed by atoms with E-state index in [4.69, 9.17) is 11.6 Å². The Morgan fingerprint density at radius 1 is 1.27 bits per heavy atom. The van der Waals surface area contributed by atoms with E-state index in [2.05, 4.69) is 26.8 Å². The summed E-state index contributed by atoms with van der Waals surface area (Å²) in [5.74, 6) is -0.243. The molecule has 5 nitrogen and oxygen atoms in total. The SMILES string of the molecule is CCn1cc(-c2nc(C(=O)Nc3ccc(Cl)cc3)cs2)c2cccnc21. The van der Waals surface area contributed by atoms with Gasteiger partial charge in [-0.3, -0.25) is 4.79 Å². The number of anilines is 1. The number of aryl methyl sites for hydroxylation is 1. The largest absolute Gasteiger partial charge is 0.332 e. The molecule has 1 N–H and O–H groups in total. The summed E-state index contributed by atoms with van der Waals surface area (Å²) in [5.41, 5.74) is 2.99. The average molecular weight is 383 g/mol. The predicted molar refractivity (Wildman–Crippen MR) is 106 cm³/mol. The van der Waals surface area contributed by atoms with Crippen LogP contribution in [0.3, 0.4) is 0 Å². The van der Waals surface area contributed by atoms with Crippen molar-refractivity contribution < 1.29 is 4.79 Å². The lowest BCUT2D eigenvalue weighted by Crippen LogP contribution is -2.12. The Morgan fingerprint density at radius 3 is 2.85 bits per heavy atom. The number of carbonyl (C=O) groups excluding carboxylic acids is 1. The molecule has 0 aliphatic carbocycles. The summed E-state index contributed by atoms with van der Waals surface area (Å²) in [6.45, 7) is 2.90. The van der Waals surface area contributed by atoms with Gasteiger partial charge in [-0.05, 0) is 43.3 Å². The Balaban J connectivity index is 1.64. The topological polar surface area (TPSA) is 59.8 Å². The van der Waals surface area contributed by atoms with Crippen LogP contribution in [0, 0.1) is 0 Å². The third kappa shape index (κ3) is 3.09. The molecule has 0 spiro atoms. The molecule has 1 amide bonds. The fraction of sp³-hybridized carbons (Fsp3) is 0.105. The molecule has 3 aromatic heterocycles. The number of rotatable bonds is 4. The number of hydrogen-bond donors (Lipinski definition) is 1. The molecule has 0 aliphatic rings. The van der Waals surface area contributed by atoms with Gasteiger partial charge in [0.15, 0.2) is 0 Å². The van der Waals surface area contributed by atoms with Gasteiger partial charge in [0.25, 0.3) is 5.91 Å². The van der Waals surface area contributed by atoms with E-state index in [9.17, 15) is 4.79 Å². The molecule has 0 saturated heterocycles. The highest BCUT2D eigenvalue weighted by atomic mass is 35.5. The number of halogens is 1. The Morgan fingerprint density at radius 2 is 2.08 bits per heavy atom. The summed E-state index contributed by atoms with van der Waals surface area (Å²) < 4.78 is 2.08. The Labute approximate surface area is 159 Å². The minimum Gasteiger partial charge on any atom is -0.332 e. The standard InChI is InChI=1S/C19H15ClN4OS/c1-2-24-10-15(14-4-3-9-21-17(14)24)19-23-16(11-26-19)18(25)22-13-7-5-12(20)6-8-13/h3-11H,2H2,1H3,(H,22,25). The van der Waals surface area contributed by atoms with Gasteiger partial charge < -0.3 is 9.88 Å². The van der Waals surface area contributed by atoms with E-state index in [1.165, 1.54) is 11.3 Å². The summed E-state index contributed by atoms with van der Waals surface area (Å²) >= 11 is 7.32. The molecule has 130 valence electrons. The zero-order valence-electron chi connectivity index (χ0n) is 13.9. The lowest BCUT2D eigenvalue weighted by molar-refractivity contribution is 0.102. The van der Waals surface area contributed by atoms with Gasteiger partial charge in [-0.25, -0.2) is 9.97 Å². The van der Waals surface area contributed by atoms with Crippen LogP contribution in [-0.4, -0.2) is 20.4 Å². The number of aromatic nitrogens is 3. The van der Waals surface area contributed by atoms with E-state index >= 15 is 0 Å². The van der Waals surface area contributed by atoms with Gasteiger partial charge in [0.05, 0.1) is 0 Å². The number of hydrogen-bond acceptors (Lipinski definition) is 4. The molecule has 0 saturated carbocycles. The summed E-state index contributed by atoms with van der Waals surface area (Å²) in [7, 11) is 0. The summed E-state index contributed by atoms with van der Waals surface area (Å²) in [4.78, 5) is 21.4. The normalized spacial score (nSPS) is 11.0. The second kappa shape index (κ2) is 6.90. The third-order valence-electron chi connectivity index (χ3n) is 4.04. The molecule has 7 heteroatoms. The van der Waals surface area contributed by atoms with Crippen LogP contribution in [0.5, 0.6) is 0 Å². The number of benzene rings is 1. The maximum absolute atomic E-state index is 12.5. The van der Waals surface area contributed by atoms with E-state index in [-0.39, 0.29) is 5.91 Å². The van der Waals surface area contributed by atoms with Crippen LogP contribution in [0.1, 0.15) is 17.4 Å². The van der Waals surface area contributed by atoms with Gasteiger partial charge in [-0.2, -0.15) is 0 Å². The first-order valence-corrected chi connectivity index (χ1v) is 9.38. The maximum atomic E-state index is 12.5. The minimum absolute atomic E-state index is 0.243. The highest BCUT2D eigenvalue weighted by molar-refractivity contribution is 7.13. The number of pyridine rings is 1. The Bertz CT molecular complexity index is 1080. The van der Waals surface area contributed by atoms with Crippen LogP contribution in [0.15, 0.2) is 54.2 Å². The molecule has 0 atom stereocenters. The van der Waals surface area contributed by atoms with Crippen LogP contribution in [0.25, 0.3) is 21.6 Å². The van der Waals surface area contributed by atoms with Gasteiger partial charge in [0.2, 0.25) is 0 Å². The molecular weight excluding hydrogens is 368 g/mol. The van der Waals surface area contributed by atoms with Crippen molar-refractivity contribution in [1.29, 1.82) is 0 Å². The lowest BCUT2D eigenvalue weighted by atomic mass is 10.2. The number of fused-ring (bicyclic) bond motifs is 1.